The fraction of sp³-hybridized carbons (Fsp3) is 0.143. The molecule has 0 atom stereocenters. The fourth-order valence-electron chi connectivity index (χ4n) is 3.11. The van der Waals surface area contributed by atoms with Gasteiger partial charge in [0.2, 0.25) is 0 Å². The average Bonchev–Trinajstić information content (AvgIpc) is 3.08. The number of hydrogen-bond donors (Lipinski definition) is 2. The van der Waals surface area contributed by atoms with Crippen molar-refractivity contribution in [2.24, 2.45) is 0 Å². The van der Waals surface area contributed by atoms with Crippen LogP contribution in [0.2, 0.25) is 5.02 Å². The molecule has 3 heterocycles. The van der Waals surface area contributed by atoms with E-state index in [0.717, 1.165) is 45.7 Å². The van der Waals surface area contributed by atoms with E-state index >= 15 is 0 Å². The number of ether oxygens (including phenoxy) is 1. The second kappa shape index (κ2) is 7.78. The first-order chi connectivity index (χ1) is 13.3. The Morgan fingerprint density at radius 1 is 1.15 bits per heavy atom. The molecular formula is C21H19ClN4O. The van der Waals surface area contributed by atoms with Gasteiger partial charge in [-0.05, 0) is 42.9 Å². The minimum Gasteiger partial charge on any atom is -0.490 e. The number of fused-ring (bicyclic) bond motifs is 1. The van der Waals surface area contributed by atoms with E-state index in [4.69, 9.17) is 16.3 Å². The van der Waals surface area contributed by atoms with E-state index in [1.54, 1.807) is 18.6 Å². The van der Waals surface area contributed by atoms with Crippen LogP contribution in [0, 0.1) is 0 Å². The monoisotopic (exact) mass is 378 g/mol. The zero-order chi connectivity index (χ0) is 18.6. The van der Waals surface area contributed by atoms with Gasteiger partial charge in [-0.15, -0.1) is 0 Å². The van der Waals surface area contributed by atoms with Gasteiger partial charge < -0.3 is 15.0 Å². The number of nitrogens with one attached hydrogen (secondary N) is 2. The Kier molecular flexibility index (Phi) is 5.05. The first kappa shape index (κ1) is 17.5. The first-order valence-electron chi connectivity index (χ1n) is 8.72. The zero-order valence-corrected chi connectivity index (χ0v) is 15.6. The normalized spacial score (nSPS) is 11.0. The van der Waals surface area contributed by atoms with E-state index in [0.29, 0.717) is 11.6 Å². The summed E-state index contributed by atoms with van der Waals surface area (Å²) >= 11 is 6.25. The third kappa shape index (κ3) is 3.52. The van der Waals surface area contributed by atoms with Crippen LogP contribution in [0.15, 0.2) is 61.1 Å². The Morgan fingerprint density at radius 2 is 2.07 bits per heavy atom. The predicted molar refractivity (Wildman–Crippen MR) is 109 cm³/mol. The van der Waals surface area contributed by atoms with E-state index < -0.39 is 0 Å². The summed E-state index contributed by atoms with van der Waals surface area (Å²) in [5.41, 5.74) is 5.73. The summed E-state index contributed by atoms with van der Waals surface area (Å²) in [5.74, 6) is 0.725. The smallest absolute Gasteiger partial charge is 0.146 e. The van der Waals surface area contributed by atoms with Gasteiger partial charge in [0.05, 0.1) is 22.9 Å². The number of H-pyrrole nitrogens is 1. The van der Waals surface area contributed by atoms with Crippen molar-refractivity contribution >= 4 is 22.6 Å². The van der Waals surface area contributed by atoms with Crippen LogP contribution in [0.5, 0.6) is 5.75 Å². The second-order valence-corrected chi connectivity index (χ2v) is 6.55. The number of aromatic amines is 1. The largest absolute Gasteiger partial charge is 0.490 e. The van der Waals surface area contributed by atoms with E-state index in [9.17, 15) is 0 Å². The standard InChI is InChI=1S/C21H19ClN4O/c1-23-10-11-27-18-13-24-9-7-16(18)20-19(14-4-2-5-15(22)12-14)21-17(26-20)6-3-8-25-21/h2-9,12-13,23,26H,10-11H2,1H3. The van der Waals surface area contributed by atoms with Gasteiger partial charge in [0.1, 0.15) is 12.4 Å². The van der Waals surface area contributed by atoms with Gasteiger partial charge in [0.15, 0.2) is 0 Å². The molecule has 0 saturated heterocycles. The lowest BCUT2D eigenvalue weighted by atomic mass is 10.0. The van der Waals surface area contributed by atoms with Crippen LogP contribution in [-0.4, -0.2) is 35.2 Å². The number of pyridine rings is 2. The molecule has 0 saturated carbocycles. The lowest BCUT2D eigenvalue weighted by Crippen LogP contribution is -2.16. The van der Waals surface area contributed by atoms with Crippen LogP contribution in [0.1, 0.15) is 0 Å². The molecule has 3 aromatic heterocycles. The SMILES string of the molecule is CNCCOc1cnccc1-c1[nH]c2cccnc2c1-c1cccc(Cl)c1. The molecule has 0 aliphatic heterocycles. The minimum atomic E-state index is 0.556. The maximum absolute atomic E-state index is 6.25. The fourth-order valence-corrected chi connectivity index (χ4v) is 3.30. The molecule has 0 fully saturated rings. The number of rotatable bonds is 6. The number of likely N-dealkylation sites (N-methyl/N-ethyl adjacent to an activating group) is 1. The highest BCUT2D eigenvalue weighted by atomic mass is 35.5. The van der Waals surface area contributed by atoms with Crippen molar-refractivity contribution in [2.45, 2.75) is 0 Å². The van der Waals surface area contributed by atoms with Gasteiger partial charge in [-0.2, -0.15) is 0 Å². The van der Waals surface area contributed by atoms with Crippen molar-refractivity contribution < 1.29 is 4.74 Å². The minimum absolute atomic E-state index is 0.556. The van der Waals surface area contributed by atoms with Gasteiger partial charge >= 0.3 is 0 Å². The molecule has 0 amide bonds. The van der Waals surface area contributed by atoms with Gasteiger partial charge in [-0.3, -0.25) is 9.97 Å². The van der Waals surface area contributed by atoms with E-state index in [2.05, 4.69) is 20.3 Å². The summed E-state index contributed by atoms with van der Waals surface area (Å²) in [4.78, 5) is 12.3. The number of benzene rings is 1. The molecule has 0 unspecified atom stereocenters. The number of hydrogen-bond acceptors (Lipinski definition) is 4. The second-order valence-electron chi connectivity index (χ2n) is 6.11. The molecule has 4 aromatic rings. The van der Waals surface area contributed by atoms with Gasteiger partial charge in [0.25, 0.3) is 0 Å². The quantitative estimate of drug-likeness (QED) is 0.483. The highest BCUT2D eigenvalue weighted by Crippen LogP contribution is 2.40. The summed E-state index contributed by atoms with van der Waals surface area (Å²) < 4.78 is 5.95. The Bertz CT molecular complexity index is 1080. The third-order valence-electron chi connectivity index (χ3n) is 4.33. The lowest BCUT2D eigenvalue weighted by Gasteiger charge is -2.12. The first-order valence-corrected chi connectivity index (χ1v) is 9.10. The Morgan fingerprint density at radius 3 is 2.93 bits per heavy atom. The van der Waals surface area contributed by atoms with Crippen molar-refractivity contribution in [3.63, 3.8) is 0 Å². The molecule has 27 heavy (non-hydrogen) atoms. The third-order valence-corrected chi connectivity index (χ3v) is 4.57. The van der Waals surface area contributed by atoms with E-state index in [1.807, 2.05) is 49.5 Å². The molecule has 0 radical (unpaired) electrons. The molecule has 5 nitrogen and oxygen atoms in total. The van der Waals surface area contributed by atoms with E-state index in [1.165, 1.54) is 0 Å². The van der Waals surface area contributed by atoms with Crippen molar-refractivity contribution in [1.82, 2.24) is 20.3 Å². The molecule has 0 spiro atoms. The molecule has 0 bridgehead atoms. The van der Waals surface area contributed by atoms with Gasteiger partial charge in [-0.25, -0.2) is 0 Å². The van der Waals surface area contributed by atoms with Crippen LogP contribution in [0.3, 0.4) is 0 Å². The Labute approximate surface area is 162 Å². The summed E-state index contributed by atoms with van der Waals surface area (Å²) in [6.07, 6.45) is 5.30. The lowest BCUT2D eigenvalue weighted by molar-refractivity contribution is 0.318. The zero-order valence-electron chi connectivity index (χ0n) is 14.9. The molecule has 2 N–H and O–H groups in total. The summed E-state index contributed by atoms with van der Waals surface area (Å²) in [7, 11) is 1.90. The van der Waals surface area contributed by atoms with Crippen molar-refractivity contribution in [2.75, 3.05) is 20.2 Å². The highest BCUT2D eigenvalue weighted by Gasteiger charge is 2.19. The maximum atomic E-state index is 6.25. The van der Waals surface area contributed by atoms with Crippen LogP contribution < -0.4 is 10.1 Å². The molecule has 136 valence electrons. The maximum Gasteiger partial charge on any atom is 0.146 e. The Hall–Kier alpha value is -2.89. The highest BCUT2D eigenvalue weighted by molar-refractivity contribution is 6.31. The van der Waals surface area contributed by atoms with Crippen molar-refractivity contribution in [3.8, 4) is 28.1 Å². The van der Waals surface area contributed by atoms with Crippen molar-refractivity contribution in [1.29, 1.82) is 0 Å². The summed E-state index contributed by atoms with van der Waals surface area (Å²) in [6, 6.07) is 13.7. The topological polar surface area (TPSA) is 62.8 Å². The molecule has 1 aromatic carbocycles. The summed E-state index contributed by atoms with van der Waals surface area (Å²) in [5, 5.41) is 3.77. The molecular weight excluding hydrogens is 360 g/mol. The van der Waals surface area contributed by atoms with Crippen LogP contribution in [0.4, 0.5) is 0 Å². The van der Waals surface area contributed by atoms with Crippen LogP contribution in [0.25, 0.3) is 33.4 Å². The Balaban J connectivity index is 1.92. The molecule has 6 heteroatoms. The van der Waals surface area contributed by atoms with Gasteiger partial charge in [-0.1, -0.05) is 23.7 Å². The van der Waals surface area contributed by atoms with Crippen LogP contribution >= 0.6 is 11.6 Å². The van der Waals surface area contributed by atoms with E-state index in [-0.39, 0.29) is 0 Å². The molecule has 4 rings (SSSR count). The summed E-state index contributed by atoms with van der Waals surface area (Å²) in [6.45, 7) is 1.31. The molecule has 0 aliphatic carbocycles. The number of nitrogens with zero attached hydrogens (tertiary/aromatic N) is 2. The van der Waals surface area contributed by atoms with Crippen molar-refractivity contribution in [3.05, 3.63) is 66.1 Å². The number of aromatic nitrogens is 3. The van der Waals surface area contributed by atoms with Crippen LogP contribution in [-0.2, 0) is 0 Å². The number of halogens is 1. The molecule has 0 aliphatic rings. The average molecular weight is 379 g/mol. The van der Waals surface area contributed by atoms with Gasteiger partial charge in [0, 0.05) is 35.1 Å². The predicted octanol–water partition coefficient (Wildman–Crippen LogP) is 4.54.